The van der Waals surface area contributed by atoms with Gasteiger partial charge in [0.1, 0.15) is 10.7 Å². The molecule has 1 aromatic carbocycles. The van der Waals surface area contributed by atoms with E-state index in [0.29, 0.717) is 0 Å². The van der Waals surface area contributed by atoms with Gasteiger partial charge in [-0.15, -0.1) is 11.3 Å². The van der Waals surface area contributed by atoms with E-state index in [2.05, 4.69) is 40.0 Å². The highest BCUT2D eigenvalue weighted by Crippen LogP contribution is 2.34. The van der Waals surface area contributed by atoms with Crippen molar-refractivity contribution in [2.45, 2.75) is 26.9 Å². The number of benzene rings is 1. The third kappa shape index (κ3) is 2.44. The van der Waals surface area contributed by atoms with Crippen LogP contribution in [0, 0.1) is 20.8 Å². The van der Waals surface area contributed by atoms with Gasteiger partial charge < -0.3 is 5.11 Å². The van der Waals surface area contributed by atoms with Gasteiger partial charge in [-0.2, -0.15) is 0 Å². The Kier molecular flexibility index (Phi) is 3.66. The second-order valence-corrected chi connectivity index (χ2v) is 5.86. The maximum Gasteiger partial charge on any atom is 0.123 e. The SMILES string of the molecule is Cc1cc(C)c(C(O)c2scnc2Br)c(C)c1. The summed E-state index contributed by atoms with van der Waals surface area (Å²) in [7, 11) is 0. The Labute approximate surface area is 113 Å². The predicted octanol–water partition coefficient (Wildman–Crippen LogP) is 3.91. The molecule has 0 aliphatic heterocycles. The maximum absolute atomic E-state index is 10.5. The molecule has 0 fully saturated rings. The standard InChI is InChI=1S/C13H14BrNOS/c1-7-4-8(2)10(9(3)5-7)11(16)12-13(14)15-6-17-12/h4-6,11,16H,1-3H3. The van der Waals surface area contributed by atoms with Crippen molar-refractivity contribution in [2.24, 2.45) is 0 Å². The van der Waals surface area contributed by atoms with Crippen LogP contribution in [0.15, 0.2) is 22.2 Å². The zero-order valence-electron chi connectivity index (χ0n) is 9.99. The summed E-state index contributed by atoms with van der Waals surface area (Å²) < 4.78 is 0.731. The fourth-order valence-electron chi connectivity index (χ4n) is 2.17. The number of halogens is 1. The molecule has 0 radical (unpaired) electrons. The van der Waals surface area contributed by atoms with E-state index in [0.717, 1.165) is 26.2 Å². The zero-order valence-corrected chi connectivity index (χ0v) is 12.4. The summed E-state index contributed by atoms with van der Waals surface area (Å²) >= 11 is 4.83. The lowest BCUT2D eigenvalue weighted by atomic mass is 9.95. The van der Waals surface area contributed by atoms with E-state index in [4.69, 9.17) is 0 Å². The van der Waals surface area contributed by atoms with E-state index in [-0.39, 0.29) is 0 Å². The first-order valence-electron chi connectivity index (χ1n) is 5.35. The van der Waals surface area contributed by atoms with E-state index in [1.165, 1.54) is 16.9 Å². The number of hydrogen-bond donors (Lipinski definition) is 1. The fraction of sp³-hybridized carbons (Fsp3) is 0.308. The lowest BCUT2D eigenvalue weighted by molar-refractivity contribution is 0.221. The minimum absolute atomic E-state index is 0.600. The molecule has 90 valence electrons. The highest BCUT2D eigenvalue weighted by Gasteiger charge is 2.20. The summed E-state index contributed by atoms with van der Waals surface area (Å²) in [6.45, 7) is 6.14. The van der Waals surface area contributed by atoms with Gasteiger partial charge in [0.2, 0.25) is 0 Å². The summed E-state index contributed by atoms with van der Waals surface area (Å²) in [6, 6.07) is 4.20. The summed E-state index contributed by atoms with van der Waals surface area (Å²) in [4.78, 5) is 4.98. The van der Waals surface area contributed by atoms with Crippen LogP contribution in [-0.2, 0) is 0 Å². The van der Waals surface area contributed by atoms with Gasteiger partial charge >= 0.3 is 0 Å². The number of rotatable bonds is 2. The molecular weight excluding hydrogens is 298 g/mol. The number of hydrogen-bond acceptors (Lipinski definition) is 3. The highest BCUT2D eigenvalue weighted by molar-refractivity contribution is 9.10. The molecule has 1 aromatic heterocycles. The first-order chi connectivity index (χ1) is 8.00. The van der Waals surface area contributed by atoms with Gasteiger partial charge in [-0.1, -0.05) is 17.7 Å². The quantitative estimate of drug-likeness (QED) is 0.912. The Morgan fingerprint density at radius 3 is 2.29 bits per heavy atom. The Bertz CT molecular complexity index is 527. The minimum Gasteiger partial charge on any atom is -0.383 e. The highest BCUT2D eigenvalue weighted by atomic mass is 79.9. The third-order valence-electron chi connectivity index (χ3n) is 2.81. The predicted molar refractivity (Wildman–Crippen MR) is 74.5 cm³/mol. The van der Waals surface area contributed by atoms with Crippen molar-refractivity contribution in [1.82, 2.24) is 4.98 Å². The second kappa shape index (κ2) is 4.88. The average Bonchev–Trinajstić information content (AvgIpc) is 2.62. The van der Waals surface area contributed by atoms with Crippen LogP contribution in [0.25, 0.3) is 0 Å². The third-order valence-corrected chi connectivity index (χ3v) is 4.58. The van der Waals surface area contributed by atoms with Gasteiger partial charge in [0.05, 0.1) is 10.4 Å². The molecule has 17 heavy (non-hydrogen) atoms. The molecule has 4 heteroatoms. The molecule has 0 saturated heterocycles. The molecule has 0 aliphatic carbocycles. The molecule has 2 rings (SSSR count). The van der Waals surface area contributed by atoms with E-state index < -0.39 is 6.10 Å². The van der Waals surface area contributed by atoms with Gasteiger partial charge in [-0.05, 0) is 53.4 Å². The lowest BCUT2D eigenvalue weighted by Gasteiger charge is -2.16. The molecule has 0 aliphatic rings. The van der Waals surface area contributed by atoms with Crippen LogP contribution >= 0.6 is 27.3 Å². The first kappa shape index (κ1) is 12.7. The maximum atomic E-state index is 10.5. The Hall–Kier alpha value is -0.710. The zero-order chi connectivity index (χ0) is 12.6. The van der Waals surface area contributed by atoms with Crippen molar-refractivity contribution in [1.29, 1.82) is 0 Å². The van der Waals surface area contributed by atoms with Gasteiger partial charge in [0.15, 0.2) is 0 Å². The number of aryl methyl sites for hydroxylation is 3. The van der Waals surface area contributed by atoms with E-state index in [1.54, 1.807) is 5.51 Å². The van der Waals surface area contributed by atoms with E-state index >= 15 is 0 Å². The number of aliphatic hydroxyl groups excluding tert-OH is 1. The molecule has 1 heterocycles. The van der Waals surface area contributed by atoms with Crippen LogP contribution in [0.1, 0.15) is 33.2 Å². The second-order valence-electron chi connectivity index (χ2n) is 4.22. The minimum atomic E-state index is -0.600. The largest absolute Gasteiger partial charge is 0.383 e. The molecule has 0 spiro atoms. The van der Waals surface area contributed by atoms with Crippen LogP contribution in [-0.4, -0.2) is 10.1 Å². The number of aromatic nitrogens is 1. The van der Waals surface area contributed by atoms with Crippen molar-refractivity contribution >= 4 is 27.3 Å². The molecule has 0 saturated carbocycles. The van der Waals surface area contributed by atoms with Crippen molar-refractivity contribution in [3.63, 3.8) is 0 Å². The molecule has 0 amide bonds. The molecule has 2 nitrogen and oxygen atoms in total. The van der Waals surface area contributed by atoms with Gasteiger partial charge in [0, 0.05) is 0 Å². The number of thiazole rings is 1. The van der Waals surface area contributed by atoms with Crippen LogP contribution in [0.2, 0.25) is 0 Å². The summed E-state index contributed by atoms with van der Waals surface area (Å²) in [6.07, 6.45) is -0.600. The lowest BCUT2D eigenvalue weighted by Crippen LogP contribution is -2.04. The van der Waals surface area contributed by atoms with Crippen LogP contribution < -0.4 is 0 Å². The molecule has 1 unspecified atom stereocenters. The van der Waals surface area contributed by atoms with Gasteiger partial charge in [0.25, 0.3) is 0 Å². The molecule has 1 N–H and O–H groups in total. The van der Waals surface area contributed by atoms with E-state index in [9.17, 15) is 5.11 Å². The monoisotopic (exact) mass is 311 g/mol. The van der Waals surface area contributed by atoms with Crippen LogP contribution in [0.5, 0.6) is 0 Å². The van der Waals surface area contributed by atoms with Crippen molar-refractivity contribution in [3.8, 4) is 0 Å². The Balaban J connectivity index is 2.51. The van der Waals surface area contributed by atoms with Crippen molar-refractivity contribution in [3.05, 3.63) is 49.4 Å². The van der Waals surface area contributed by atoms with Gasteiger partial charge in [-0.25, -0.2) is 4.98 Å². The molecule has 0 bridgehead atoms. The van der Waals surface area contributed by atoms with Gasteiger partial charge in [-0.3, -0.25) is 0 Å². The topological polar surface area (TPSA) is 33.1 Å². The summed E-state index contributed by atoms with van der Waals surface area (Å²) in [5.74, 6) is 0. The summed E-state index contributed by atoms with van der Waals surface area (Å²) in [5.41, 5.74) is 6.19. The first-order valence-corrected chi connectivity index (χ1v) is 7.02. The van der Waals surface area contributed by atoms with Crippen molar-refractivity contribution in [2.75, 3.05) is 0 Å². The molecule has 2 aromatic rings. The fourth-order valence-corrected chi connectivity index (χ4v) is 3.58. The molecule has 1 atom stereocenters. The van der Waals surface area contributed by atoms with Crippen molar-refractivity contribution < 1.29 is 5.11 Å². The number of nitrogens with zero attached hydrogens (tertiary/aromatic N) is 1. The smallest absolute Gasteiger partial charge is 0.123 e. The van der Waals surface area contributed by atoms with E-state index in [1.807, 2.05) is 13.8 Å². The number of aliphatic hydroxyl groups is 1. The summed E-state index contributed by atoms with van der Waals surface area (Å²) in [5, 5.41) is 10.5. The van der Waals surface area contributed by atoms with Crippen LogP contribution in [0.4, 0.5) is 0 Å². The normalized spacial score (nSPS) is 12.8. The molecular formula is C13H14BrNOS. The van der Waals surface area contributed by atoms with Crippen LogP contribution in [0.3, 0.4) is 0 Å². The average molecular weight is 312 g/mol. The Morgan fingerprint density at radius 1 is 1.24 bits per heavy atom. The Morgan fingerprint density at radius 2 is 1.82 bits per heavy atom.